The van der Waals surface area contributed by atoms with Crippen molar-refractivity contribution in [3.63, 3.8) is 0 Å². The van der Waals surface area contributed by atoms with Crippen LogP contribution in [-0.2, 0) is 11.3 Å². The lowest BCUT2D eigenvalue weighted by Crippen LogP contribution is -2.40. The number of anilines is 2. The molecule has 1 fully saturated rings. The second-order valence-corrected chi connectivity index (χ2v) is 4.59. The highest BCUT2D eigenvalue weighted by molar-refractivity contribution is 5.85. The lowest BCUT2D eigenvalue weighted by atomic mass is 10.1. The Hall–Kier alpha value is -1.01. The molecule has 1 aliphatic heterocycles. The van der Waals surface area contributed by atoms with Crippen LogP contribution in [0.3, 0.4) is 0 Å². The van der Waals surface area contributed by atoms with Crippen molar-refractivity contribution >= 4 is 23.8 Å². The zero-order chi connectivity index (χ0) is 12.8. The SMILES string of the molecule is Cl.Nc1ccc(N)c(CNCCN2CCOCC2)c1. The fraction of sp³-hybridized carbons (Fsp3) is 0.538. The summed E-state index contributed by atoms with van der Waals surface area (Å²) in [7, 11) is 0. The first kappa shape index (κ1) is 16.0. The molecule has 0 atom stereocenters. The Kier molecular flexibility index (Phi) is 6.94. The molecule has 0 unspecified atom stereocenters. The van der Waals surface area contributed by atoms with Gasteiger partial charge in [0, 0.05) is 44.1 Å². The fourth-order valence-corrected chi connectivity index (χ4v) is 2.06. The number of hydrogen-bond acceptors (Lipinski definition) is 5. The molecule has 0 amide bonds. The van der Waals surface area contributed by atoms with Gasteiger partial charge in [-0.25, -0.2) is 0 Å². The predicted molar refractivity (Wildman–Crippen MR) is 81.5 cm³/mol. The van der Waals surface area contributed by atoms with E-state index in [1.54, 1.807) is 0 Å². The number of nitrogens with one attached hydrogen (secondary N) is 1. The van der Waals surface area contributed by atoms with E-state index >= 15 is 0 Å². The van der Waals surface area contributed by atoms with E-state index in [9.17, 15) is 0 Å². The molecule has 5 nitrogen and oxygen atoms in total. The van der Waals surface area contributed by atoms with E-state index in [4.69, 9.17) is 16.2 Å². The first-order valence-corrected chi connectivity index (χ1v) is 6.40. The fourth-order valence-electron chi connectivity index (χ4n) is 2.06. The van der Waals surface area contributed by atoms with Crippen molar-refractivity contribution < 1.29 is 4.74 Å². The number of nitrogen functional groups attached to an aromatic ring is 2. The molecule has 0 aliphatic carbocycles. The van der Waals surface area contributed by atoms with E-state index in [1.165, 1.54) is 0 Å². The van der Waals surface area contributed by atoms with Gasteiger partial charge >= 0.3 is 0 Å². The van der Waals surface area contributed by atoms with Crippen LogP contribution in [0.2, 0.25) is 0 Å². The van der Waals surface area contributed by atoms with Gasteiger partial charge in [-0.15, -0.1) is 12.4 Å². The summed E-state index contributed by atoms with van der Waals surface area (Å²) in [4.78, 5) is 2.40. The molecule has 5 N–H and O–H groups in total. The molecule has 1 aliphatic rings. The molecular formula is C13H23ClN4O. The molecule has 0 spiro atoms. The number of nitrogens with zero attached hydrogens (tertiary/aromatic N) is 1. The minimum absolute atomic E-state index is 0. The standard InChI is InChI=1S/C13H22N4O.ClH/c14-12-1-2-13(15)11(9-12)10-16-3-4-17-5-7-18-8-6-17;/h1-2,9,16H,3-8,10,14-15H2;1H. The lowest BCUT2D eigenvalue weighted by Gasteiger charge is -2.26. The van der Waals surface area contributed by atoms with Gasteiger partial charge in [0.2, 0.25) is 0 Å². The Labute approximate surface area is 120 Å². The van der Waals surface area contributed by atoms with Gasteiger partial charge in [-0.3, -0.25) is 4.90 Å². The van der Waals surface area contributed by atoms with Gasteiger partial charge in [0.05, 0.1) is 13.2 Å². The third-order valence-corrected chi connectivity index (χ3v) is 3.19. The minimum Gasteiger partial charge on any atom is -0.399 e. The number of rotatable bonds is 5. The Morgan fingerprint density at radius 3 is 2.68 bits per heavy atom. The quantitative estimate of drug-likeness (QED) is 0.549. The van der Waals surface area contributed by atoms with Gasteiger partial charge < -0.3 is 21.5 Å². The number of morpholine rings is 1. The van der Waals surface area contributed by atoms with Crippen LogP contribution >= 0.6 is 12.4 Å². The van der Waals surface area contributed by atoms with E-state index in [2.05, 4.69) is 10.2 Å². The third kappa shape index (κ3) is 5.24. The molecule has 108 valence electrons. The van der Waals surface area contributed by atoms with Crippen LogP contribution in [0, 0.1) is 0 Å². The van der Waals surface area contributed by atoms with Crippen LogP contribution in [0.25, 0.3) is 0 Å². The zero-order valence-electron chi connectivity index (χ0n) is 11.1. The minimum atomic E-state index is 0. The van der Waals surface area contributed by atoms with E-state index < -0.39 is 0 Å². The van der Waals surface area contributed by atoms with Crippen LogP contribution in [0.4, 0.5) is 11.4 Å². The van der Waals surface area contributed by atoms with Gasteiger partial charge in [-0.05, 0) is 23.8 Å². The average Bonchev–Trinajstić information content (AvgIpc) is 2.40. The van der Waals surface area contributed by atoms with Crippen molar-refractivity contribution in [2.24, 2.45) is 0 Å². The van der Waals surface area contributed by atoms with Crippen LogP contribution in [0.5, 0.6) is 0 Å². The zero-order valence-corrected chi connectivity index (χ0v) is 11.9. The highest BCUT2D eigenvalue weighted by atomic mass is 35.5. The summed E-state index contributed by atoms with van der Waals surface area (Å²) in [6.45, 7) is 6.52. The van der Waals surface area contributed by atoms with Gasteiger partial charge in [0.15, 0.2) is 0 Å². The summed E-state index contributed by atoms with van der Waals surface area (Å²) in [5, 5.41) is 3.40. The normalized spacial score (nSPS) is 16.0. The summed E-state index contributed by atoms with van der Waals surface area (Å²) in [5.41, 5.74) is 14.3. The molecule has 1 saturated heterocycles. The van der Waals surface area contributed by atoms with Gasteiger partial charge in [0.1, 0.15) is 0 Å². The molecule has 1 heterocycles. The molecule has 1 aromatic rings. The van der Waals surface area contributed by atoms with Crippen LogP contribution < -0.4 is 16.8 Å². The number of nitrogens with two attached hydrogens (primary N) is 2. The van der Waals surface area contributed by atoms with Crippen molar-refractivity contribution in [1.82, 2.24) is 10.2 Å². The van der Waals surface area contributed by atoms with Crippen molar-refractivity contribution in [2.75, 3.05) is 50.9 Å². The Balaban J connectivity index is 0.00000180. The molecule has 1 aromatic carbocycles. The number of halogens is 1. The molecule has 2 rings (SSSR count). The number of hydrogen-bond donors (Lipinski definition) is 3. The summed E-state index contributed by atoms with van der Waals surface area (Å²) >= 11 is 0. The number of ether oxygens (including phenoxy) is 1. The maximum atomic E-state index is 5.89. The summed E-state index contributed by atoms with van der Waals surface area (Å²) < 4.78 is 5.31. The summed E-state index contributed by atoms with van der Waals surface area (Å²) in [5.74, 6) is 0. The predicted octanol–water partition coefficient (Wildman–Crippen LogP) is 0.695. The maximum Gasteiger partial charge on any atom is 0.0594 e. The molecule has 0 saturated carbocycles. The maximum absolute atomic E-state index is 5.89. The van der Waals surface area contributed by atoms with Gasteiger partial charge in [-0.2, -0.15) is 0 Å². The van der Waals surface area contributed by atoms with Crippen LogP contribution in [0.15, 0.2) is 18.2 Å². The Morgan fingerprint density at radius 1 is 1.21 bits per heavy atom. The average molecular weight is 287 g/mol. The topological polar surface area (TPSA) is 76.5 Å². The van der Waals surface area contributed by atoms with E-state index in [0.717, 1.165) is 62.9 Å². The van der Waals surface area contributed by atoms with E-state index in [1.807, 2.05) is 18.2 Å². The molecular weight excluding hydrogens is 264 g/mol. The second kappa shape index (κ2) is 8.22. The summed E-state index contributed by atoms with van der Waals surface area (Å²) in [6.07, 6.45) is 0. The monoisotopic (exact) mass is 286 g/mol. The van der Waals surface area contributed by atoms with Crippen LogP contribution in [-0.4, -0.2) is 44.3 Å². The summed E-state index contributed by atoms with van der Waals surface area (Å²) in [6, 6.07) is 5.61. The Bertz CT molecular complexity index is 383. The van der Waals surface area contributed by atoms with E-state index in [0.29, 0.717) is 0 Å². The second-order valence-electron chi connectivity index (χ2n) is 4.59. The first-order chi connectivity index (χ1) is 8.75. The van der Waals surface area contributed by atoms with Gasteiger partial charge in [-0.1, -0.05) is 0 Å². The smallest absolute Gasteiger partial charge is 0.0594 e. The highest BCUT2D eigenvalue weighted by Gasteiger charge is 2.09. The molecule has 0 radical (unpaired) electrons. The van der Waals surface area contributed by atoms with Crippen molar-refractivity contribution in [1.29, 1.82) is 0 Å². The molecule has 19 heavy (non-hydrogen) atoms. The molecule has 0 aromatic heterocycles. The van der Waals surface area contributed by atoms with Crippen molar-refractivity contribution in [3.05, 3.63) is 23.8 Å². The lowest BCUT2D eigenvalue weighted by molar-refractivity contribution is 0.0384. The van der Waals surface area contributed by atoms with Gasteiger partial charge in [0.25, 0.3) is 0 Å². The van der Waals surface area contributed by atoms with Crippen molar-refractivity contribution in [2.45, 2.75) is 6.54 Å². The third-order valence-electron chi connectivity index (χ3n) is 3.19. The molecule has 0 bridgehead atoms. The Morgan fingerprint density at radius 2 is 1.95 bits per heavy atom. The van der Waals surface area contributed by atoms with E-state index in [-0.39, 0.29) is 12.4 Å². The van der Waals surface area contributed by atoms with Crippen molar-refractivity contribution in [3.8, 4) is 0 Å². The number of benzene rings is 1. The highest BCUT2D eigenvalue weighted by Crippen LogP contribution is 2.14. The van der Waals surface area contributed by atoms with Crippen LogP contribution in [0.1, 0.15) is 5.56 Å². The largest absolute Gasteiger partial charge is 0.399 e. The molecule has 6 heteroatoms. The first-order valence-electron chi connectivity index (χ1n) is 6.40.